The topological polar surface area (TPSA) is 35.2 Å². The molecule has 1 aromatic carbocycles. The van der Waals surface area contributed by atoms with Gasteiger partial charge in [-0.15, -0.1) is 0 Å². The third-order valence-electron chi connectivity index (χ3n) is 3.57. The van der Waals surface area contributed by atoms with Crippen LogP contribution >= 0.6 is 0 Å². The van der Waals surface area contributed by atoms with Crippen LogP contribution in [0.25, 0.3) is 0 Å². The fourth-order valence-electron chi connectivity index (χ4n) is 2.53. The number of halogens is 1. The van der Waals surface area contributed by atoms with E-state index in [2.05, 4.69) is 6.92 Å². The SMILES string of the molecule is CCCCCCC1C[C@H](N)c2ccc(F)cc2O1. The predicted molar refractivity (Wildman–Crippen MR) is 71.1 cm³/mol. The van der Waals surface area contributed by atoms with Crippen LogP contribution in [0.2, 0.25) is 0 Å². The van der Waals surface area contributed by atoms with Crippen molar-refractivity contribution in [1.82, 2.24) is 0 Å². The van der Waals surface area contributed by atoms with E-state index in [-0.39, 0.29) is 18.0 Å². The lowest BCUT2D eigenvalue weighted by atomic mass is 9.94. The summed E-state index contributed by atoms with van der Waals surface area (Å²) in [6.45, 7) is 2.20. The van der Waals surface area contributed by atoms with Crippen molar-refractivity contribution in [2.24, 2.45) is 5.73 Å². The molecule has 2 N–H and O–H groups in total. The van der Waals surface area contributed by atoms with Gasteiger partial charge in [0.2, 0.25) is 0 Å². The number of hydrogen-bond donors (Lipinski definition) is 1. The summed E-state index contributed by atoms with van der Waals surface area (Å²) >= 11 is 0. The van der Waals surface area contributed by atoms with Crippen molar-refractivity contribution in [2.45, 2.75) is 57.6 Å². The Morgan fingerprint density at radius 1 is 1.33 bits per heavy atom. The first-order valence-corrected chi connectivity index (χ1v) is 6.92. The van der Waals surface area contributed by atoms with Gasteiger partial charge in [0.1, 0.15) is 17.7 Å². The molecule has 0 aliphatic carbocycles. The number of ether oxygens (including phenoxy) is 1. The number of rotatable bonds is 5. The summed E-state index contributed by atoms with van der Waals surface area (Å²) < 4.78 is 19.0. The van der Waals surface area contributed by atoms with Crippen LogP contribution < -0.4 is 10.5 Å². The average molecular weight is 251 g/mol. The second-order valence-corrected chi connectivity index (χ2v) is 5.11. The monoisotopic (exact) mass is 251 g/mol. The van der Waals surface area contributed by atoms with Crippen LogP contribution in [-0.2, 0) is 0 Å². The number of nitrogens with two attached hydrogens (primary N) is 1. The Hall–Kier alpha value is -1.09. The Bertz CT molecular complexity index is 394. The Morgan fingerprint density at radius 3 is 2.94 bits per heavy atom. The molecule has 3 heteroatoms. The van der Waals surface area contributed by atoms with Crippen molar-refractivity contribution in [3.8, 4) is 5.75 Å². The highest BCUT2D eigenvalue weighted by Gasteiger charge is 2.25. The third-order valence-corrected chi connectivity index (χ3v) is 3.57. The highest BCUT2D eigenvalue weighted by molar-refractivity contribution is 5.38. The normalized spacial score (nSPS) is 22.4. The molecule has 0 bridgehead atoms. The molecule has 2 nitrogen and oxygen atoms in total. The quantitative estimate of drug-likeness (QED) is 0.804. The van der Waals surface area contributed by atoms with E-state index in [1.165, 1.54) is 31.4 Å². The Kier molecular flexibility index (Phi) is 4.59. The summed E-state index contributed by atoms with van der Waals surface area (Å²) in [6.07, 6.45) is 6.90. The van der Waals surface area contributed by atoms with E-state index in [1.807, 2.05) is 0 Å². The van der Waals surface area contributed by atoms with Crippen LogP contribution in [0.3, 0.4) is 0 Å². The zero-order chi connectivity index (χ0) is 13.0. The molecule has 0 amide bonds. The average Bonchev–Trinajstić information content (AvgIpc) is 2.34. The third kappa shape index (κ3) is 3.22. The zero-order valence-corrected chi connectivity index (χ0v) is 11.0. The Labute approximate surface area is 108 Å². The van der Waals surface area contributed by atoms with Gasteiger partial charge in [0.15, 0.2) is 0 Å². The van der Waals surface area contributed by atoms with Crippen LogP contribution in [0, 0.1) is 5.82 Å². The van der Waals surface area contributed by atoms with Crippen LogP contribution in [-0.4, -0.2) is 6.10 Å². The Morgan fingerprint density at radius 2 is 2.17 bits per heavy atom. The van der Waals surface area contributed by atoms with E-state index in [0.29, 0.717) is 5.75 Å². The standard InChI is InChI=1S/C15H22FNO/c1-2-3-4-5-6-12-10-14(17)13-8-7-11(16)9-15(13)18-12/h7-9,12,14H,2-6,10,17H2,1H3/t12?,14-/m0/s1. The summed E-state index contributed by atoms with van der Waals surface area (Å²) in [5.41, 5.74) is 7.05. The molecule has 2 rings (SSSR count). The second kappa shape index (κ2) is 6.19. The molecule has 0 saturated carbocycles. The predicted octanol–water partition coefficient (Wildman–Crippen LogP) is 3.95. The Balaban J connectivity index is 1.94. The van der Waals surface area contributed by atoms with Gasteiger partial charge in [0.25, 0.3) is 0 Å². The van der Waals surface area contributed by atoms with Crippen molar-refractivity contribution in [3.63, 3.8) is 0 Å². The highest BCUT2D eigenvalue weighted by atomic mass is 19.1. The molecule has 1 heterocycles. The smallest absolute Gasteiger partial charge is 0.127 e. The molecule has 0 aromatic heterocycles. The van der Waals surface area contributed by atoms with Gasteiger partial charge in [0.05, 0.1) is 0 Å². The molecule has 100 valence electrons. The fourth-order valence-corrected chi connectivity index (χ4v) is 2.53. The van der Waals surface area contributed by atoms with Gasteiger partial charge in [-0.3, -0.25) is 0 Å². The summed E-state index contributed by atoms with van der Waals surface area (Å²) in [7, 11) is 0. The first-order valence-electron chi connectivity index (χ1n) is 6.92. The number of benzene rings is 1. The lowest BCUT2D eigenvalue weighted by Crippen LogP contribution is -2.29. The molecule has 1 aliphatic heterocycles. The summed E-state index contributed by atoms with van der Waals surface area (Å²) in [4.78, 5) is 0. The largest absolute Gasteiger partial charge is 0.490 e. The van der Waals surface area contributed by atoms with E-state index in [1.54, 1.807) is 6.07 Å². The van der Waals surface area contributed by atoms with E-state index >= 15 is 0 Å². The zero-order valence-electron chi connectivity index (χ0n) is 11.0. The van der Waals surface area contributed by atoms with E-state index in [4.69, 9.17) is 10.5 Å². The second-order valence-electron chi connectivity index (χ2n) is 5.11. The summed E-state index contributed by atoms with van der Waals surface area (Å²) in [5.74, 6) is 0.377. The minimum Gasteiger partial charge on any atom is -0.490 e. The molecule has 1 aliphatic rings. The van der Waals surface area contributed by atoms with Gasteiger partial charge in [-0.25, -0.2) is 4.39 Å². The molecular formula is C15H22FNO. The van der Waals surface area contributed by atoms with Crippen molar-refractivity contribution in [1.29, 1.82) is 0 Å². The maximum Gasteiger partial charge on any atom is 0.127 e. The highest BCUT2D eigenvalue weighted by Crippen LogP contribution is 2.35. The minimum absolute atomic E-state index is 0.0227. The van der Waals surface area contributed by atoms with Gasteiger partial charge < -0.3 is 10.5 Å². The molecule has 0 spiro atoms. The van der Waals surface area contributed by atoms with E-state index in [9.17, 15) is 4.39 Å². The maximum absolute atomic E-state index is 13.2. The van der Waals surface area contributed by atoms with Crippen LogP contribution in [0.4, 0.5) is 4.39 Å². The first kappa shape index (κ1) is 13.3. The molecule has 0 radical (unpaired) electrons. The van der Waals surface area contributed by atoms with Crippen molar-refractivity contribution >= 4 is 0 Å². The molecular weight excluding hydrogens is 229 g/mol. The molecule has 2 atom stereocenters. The molecule has 0 saturated heterocycles. The van der Waals surface area contributed by atoms with Crippen LogP contribution in [0.5, 0.6) is 5.75 Å². The van der Waals surface area contributed by atoms with Crippen molar-refractivity contribution in [2.75, 3.05) is 0 Å². The van der Waals surface area contributed by atoms with Gasteiger partial charge in [-0.1, -0.05) is 32.3 Å². The number of hydrogen-bond acceptors (Lipinski definition) is 2. The van der Waals surface area contributed by atoms with E-state index in [0.717, 1.165) is 24.8 Å². The van der Waals surface area contributed by atoms with Gasteiger partial charge in [-0.05, 0) is 18.9 Å². The van der Waals surface area contributed by atoms with Gasteiger partial charge in [0, 0.05) is 24.1 Å². The number of fused-ring (bicyclic) bond motifs is 1. The lowest BCUT2D eigenvalue weighted by Gasteiger charge is -2.30. The molecule has 18 heavy (non-hydrogen) atoms. The lowest BCUT2D eigenvalue weighted by molar-refractivity contribution is 0.146. The first-order chi connectivity index (χ1) is 8.70. The number of unbranched alkanes of at least 4 members (excludes halogenated alkanes) is 3. The van der Waals surface area contributed by atoms with Gasteiger partial charge >= 0.3 is 0 Å². The van der Waals surface area contributed by atoms with Gasteiger partial charge in [-0.2, -0.15) is 0 Å². The summed E-state index contributed by atoms with van der Waals surface area (Å²) in [6, 6.07) is 4.62. The van der Waals surface area contributed by atoms with Crippen molar-refractivity contribution in [3.05, 3.63) is 29.6 Å². The van der Waals surface area contributed by atoms with Crippen LogP contribution in [0.15, 0.2) is 18.2 Å². The fraction of sp³-hybridized carbons (Fsp3) is 0.600. The van der Waals surface area contributed by atoms with Crippen LogP contribution in [0.1, 0.15) is 57.1 Å². The van der Waals surface area contributed by atoms with E-state index < -0.39 is 0 Å². The molecule has 0 fully saturated rings. The maximum atomic E-state index is 13.2. The minimum atomic E-state index is -0.257. The molecule has 1 aromatic rings. The molecule has 1 unspecified atom stereocenters. The summed E-state index contributed by atoms with van der Waals surface area (Å²) in [5, 5.41) is 0. The van der Waals surface area contributed by atoms with Crippen molar-refractivity contribution < 1.29 is 9.13 Å².